The molecular formula is C19H20ClN3OS. The van der Waals surface area contributed by atoms with Gasteiger partial charge in [-0.2, -0.15) is 5.26 Å². The average molecular weight is 374 g/mol. The van der Waals surface area contributed by atoms with Crippen LogP contribution in [0.15, 0.2) is 24.3 Å². The molecular weight excluding hydrogens is 354 g/mol. The third-order valence-corrected chi connectivity index (χ3v) is 5.98. The number of anilines is 1. The Morgan fingerprint density at radius 1 is 1.36 bits per heavy atom. The van der Waals surface area contributed by atoms with Crippen molar-refractivity contribution in [1.82, 2.24) is 5.32 Å². The van der Waals surface area contributed by atoms with Crippen LogP contribution in [-0.2, 0) is 12.0 Å². The number of amides is 1. The maximum Gasteiger partial charge on any atom is 0.256 e. The van der Waals surface area contributed by atoms with Crippen LogP contribution in [0.1, 0.15) is 54.1 Å². The fourth-order valence-corrected chi connectivity index (χ4v) is 4.95. The van der Waals surface area contributed by atoms with Crippen LogP contribution in [0.25, 0.3) is 0 Å². The normalized spacial score (nSPS) is 17.4. The molecule has 4 nitrogen and oxygen atoms in total. The molecule has 1 aliphatic rings. The molecule has 0 fully saturated rings. The second kappa shape index (κ2) is 6.14. The number of carbonyl (C=O) groups excluding carboxylic acids is 1. The molecule has 1 amide bonds. The summed E-state index contributed by atoms with van der Waals surface area (Å²) < 4.78 is 0. The summed E-state index contributed by atoms with van der Waals surface area (Å²) in [5.41, 5.74) is 1.70. The molecule has 6 heteroatoms. The number of rotatable bonds is 2. The zero-order chi connectivity index (χ0) is 18.4. The topological polar surface area (TPSA) is 64.9 Å². The Balaban J connectivity index is 2.01. The van der Waals surface area contributed by atoms with Gasteiger partial charge in [0.25, 0.3) is 5.91 Å². The van der Waals surface area contributed by atoms with Gasteiger partial charge in [0.1, 0.15) is 11.1 Å². The minimum atomic E-state index is -0.261. The maximum absolute atomic E-state index is 12.5. The quantitative estimate of drug-likeness (QED) is 0.802. The molecule has 0 bridgehead atoms. The first-order valence-electron chi connectivity index (χ1n) is 8.05. The van der Waals surface area contributed by atoms with Gasteiger partial charge in [-0.25, -0.2) is 0 Å². The van der Waals surface area contributed by atoms with Crippen LogP contribution >= 0.6 is 22.9 Å². The van der Waals surface area contributed by atoms with E-state index in [4.69, 9.17) is 11.6 Å². The van der Waals surface area contributed by atoms with Gasteiger partial charge in [-0.3, -0.25) is 4.79 Å². The van der Waals surface area contributed by atoms with E-state index in [1.54, 1.807) is 24.3 Å². The van der Waals surface area contributed by atoms with Crippen molar-refractivity contribution in [1.29, 1.82) is 5.26 Å². The first-order chi connectivity index (χ1) is 11.6. The second-order valence-corrected chi connectivity index (χ2v) is 8.96. The minimum Gasteiger partial charge on any atom is -0.312 e. The highest BCUT2D eigenvalue weighted by molar-refractivity contribution is 7.17. The Kier molecular flexibility index (Phi) is 4.40. The van der Waals surface area contributed by atoms with Crippen LogP contribution in [0.3, 0.4) is 0 Å². The number of nitriles is 1. The van der Waals surface area contributed by atoms with Crippen LogP contribution < -0.4 is 10.6 Å². The van der Waals surface area contributed by atoms with E-state index >= 15 is 0 Å². The Bertz CT molecular complexity index is 893. The van der Waals surface area contributed by atoms with Crippen molar-refractivity contribution in [2.24, 2.45) is 0 Å². The molecule has 0 spiro atoms. The molecule has 1 aliphatic heterocycles. The van der Waals surface area contributed by atoms with E-state index in [-0.39, 0.29) is 17.0 Å². The van der Waals surface area contributed by atoms with Gasteiger partial charge in [0.05, 0.1) is 5.56 Å². The Hall–Kier alpha value is -1.87. The number of benzene rings is 1. The first kappa shape index (κ1) is 17.9. The van der Waals surface area contributed by atoms with Crippen molar-refractivity contribution in [3.63, 3.8) is 0 Å². The molecule has 0 saturated carbocycles. The van der Waals surface area contributed by atoms with Crippen LogP contribution in [-0.4, -0.2) is 11.4 Å². The molecule has 3 rings (SSSR count). The van der Waals surface area contributed by atoms with Gasteiger partial charge in [-0.05, 0) is 57.9 Å². The summed E-state index contributed by atoms with van der Waals surface area (Å²) in [5, 5.41) is 17.3. The molecule has 0 unspecified atom stereocenters. The summed E-state index contributed by atoms with van der Waals surface area (Å²) in [4.78, 5) is 13.6. The summed E-state index contributed by atoms with van der Waals surface area (Å²) in [6, 6.07) is 9.06. The van der Waals surface area contributed by atoms with E-state index in [0.717, 1.165) is 16.9 Å². The van der Waals surface area contributed by atoms with Gasteiger partial charge in [-0.15, -0.1) is 11.3 Å². The summed E-state index contributed by atoms with van der Waals surface area (Å²) >= 11 is 7.44. The van der Waals surface area contributed by atoms with Crippen LogP contribution in [0, 0.1) is 11.3 Å². The number of nitrogens with zero attached hydrogens (tertiary/aromatic N) is 1. The van der Waals surface area contributed by atoms with Gasteiger partial charge in [0, 0.05) is 26.5 Å². The highest BCUT2D eigenvalue weighted by Crippen LogP contribution is 2.44. The van der Waals surface area contributed by atoms with Crippen molar-refractivity contribution in [2.75, 3.05) is 5.32 Å². The SMILES string of the molecule is CC1(C)Cc2c(sc(NC(=O)c3cccc(Cl)c3)c2C#N)C(C)(C)N1. The Labute approximate surface area is 156 Å². The minimum absolute atomic E-state index is 0.114. The van der Waals surface area contributed by atoms with E-state index in [1.165, 1.54) is 11.3 Å². The zero-order valence-electron chi connectivity index (χ0n) is 14.7. The molecule has 130 valence electrons. The van der Waals surface area contributed by atoms with Gasteiger partial charge in [0.2, 0.25) is 0 Å². The zero-order valence-corrected chi connectivity index (χ0v) is 16.2. The number of nitrogens with one attached hydrogen (secondary N) is 2. The third-order valence-electron chi connectivity index (χ3n) is 4.27. The summed E-state index contributed by atoms with van der Waals surface area (Å²) in [6.45, 7) is 8.46. The molecule has 25 heavy (non-hydrogen) atoms. The van der Waals surface area contributed by atoms with Gasteiger partial charge < -0.3 is 10.6 Å². The molecule has 2 N–H and O–H groups in total. The van der Waals surface area contributed by atoms with E-state index in [2.05, 4.69) is 44.4 Å². The number of fused-ring (bicyclic) bond motifs is 1. The molecule has 2 aromatic rings. The second-order valence-electron chi connectivity index (χ2n) is 7.50. The predicted octanol–water partition coefficient (Wildman–Crippen LogP) is 4.68. The molecule has 0 radical (unpaired) electrons. The molecule has 1 aromatic carbocycles. The van der Waals surface area contributed by atoms with Gasteiger partial charge in [0.15, 0.2) is 0 Å². The van der Waals surface area contributed by atoms with Crippen molar-refractivity contribution in [3.8, 4) is 6.07 Å². The number of halogens is 1. The van der Waals surface area contributed by atoms with Crippen LogP contribution in [0.5, 0.6) is 0 Å². The molecule has 0 aliphatic carbocycles. The van der Waals surface area contributed by atoms with Gasteiger partial charge >= 0.3 is 0 Å². The van der Waals surface area contributed by atoms with E-state index in [1.807, 2.05) is 0 Å². The highest BCUT2D eigenvalue weighted by Gasteiger charge is 2.40. The van der Waals surface area contributed by atoms with Crippen molar-refractivity contribution < 1.29 is 4.79 Å². The number of carbonyl (C=O) groups is 1. The van der Waals surface area contributed by atoms with Crippen molar-refractivity contribution in [3.05, 3.63) is 50.9 Å². The van der Waals surface area contributed by atoms with E-state index < -0.39 is 0 Å². The monoisotopic (exact) mass is 373 g/mol. The Morgan fingerprint density at radius 3 is 2.72 bits per heavy atom. The molecule has 2 heterocycles. The summed E-state index contributed by atoms with van der Waals surface area (Å²) in [7, 11) is 0. The molecule has 0 atom stereocenters. The van der Waals surface area contributed by atoms with Crippen molar-refractivity contribution >= 4 is 33.8 Å². The number of hydrogen-bond acceptors (Lipinski definition) is 4. The fraction of sp³-hybridized carbons (Fsp3) is 0.368. The average Bonchev–Trinajstić information content (AvgIpc) is 2.83. The van der Waals surface area contributed by atoms with E-state index in [9.17, 15) is 10.1 Å². The third kappa shape index (κ3) is 3.43. The lowest BCUT2D eigenvalue weighted by Gasteiger charge is -2.42. The van der Waals surface area contributed by atoms with E-state index in [0.29, 0.717) is 21.2 Å². The first-order valence-corrected chi connectivity index (χ1v) is 9.25. The number of thiophene rings is 1. The van der Waals surface area contributed by atoms with Crippen LogP contribution in [0.2, 0.25) is 5.02 Å². The predicted molar refractivity (Wildman–Crippen MR) is 102 cm³/mol. The van der Waals surface area contributed by atoms with Crippen LogP contribution in [0.4, 0.5) is 5.00 Å². The maximum atomic E-state index is 12.5. The standard InChI is InChI=1S/C19H20ClN3OS/c1-18(2)9-13-14(10-21)17(25-15(13)19(3,4)23-18)22-16(24)11-6-5-7-12(20)8-11/h5-8,23H,9H2,1-4H3,(H,22,24). The smallest absolute Gasteiger partial charge is 0.256 e. The molecule has 1 aromatic heterocycles. The lowest BCUT2D eigenvalue weighted by atomic mass is 9.81. The highest BCUT2D eigenvalue weighted by atomic mass is 35.5. The summed E-state index contributed by atoms with van der Waals surface area (Å²) in [6.07, 6.45) is 0.748. The van der Waals surface area contributed by atoms with Gasteiger partial charge in [-0.1, -0.05) is 17.7 Å². The van der Waals surface area contributed by atoms with Crippen molar-refractivity contribution in [2.45, 2.75) is 45.2 Å². The lowest BCUT2D eigenvalue weighted by Crippen LogP contribution is -2.54. The number of hydrogen-bond donors (Lipinski definition) is 2. The largest absolute Gasteiger partial charge is 0.312 e. The fourth-order valence-electron chi connectivity index (χ4n) is 3.54. The Morgan fingerprint density at radius 2 is 2.08 bits per heavy atom. The molecule has 0 saturated heterocycles. The lowest BCUT2D eigenvalue weighted by molar-refractivity contribution is 0.102. The summed E-state index contributed by atoms with van der Waals surface area (Å²) in [5.74, 6) is -0.261.